The monoisotopic (exact) mass is 500 g/mol. The Hall–Kier alpha value is -4.10. The highest BCUT2D eigenvalue weighted by molar-refractivity contribution is 6.30. The largest absolute Gasteiger partial charge is 0.497 e. The number of anilines is 1. The van der Waals surface area contributed by atoms with E-state index in [2.05, 4.69) is 10.4 Å². The number of aryl methyl sites for hydroxylation is 1. The smallest absolute Gasteiger partial charge is 0.251 e. The molecule has 0 unspecified atom stereocenters. The molecule has 1 aliphatic heterocycles. The highest BCUT2D eigenvalue weighted by atomic mass is 35.5. The molecule has 0 bridgehead atoms. The van der Waals surface area contributed by atoms with E-state index in [0.717, 1.165) is 34.0 Å². The number of hydrogen-bond donors (Lipinski definition) is 1. The fourth-order valence-corrected chi connectivity index (χ4v) is 4.32. The highest BCUT2D eigenvalue weighted by Crippen LogP contribution is 2.30. The molecule has 3 aromatic carbocycles. The van der Waals surface area contributed by atoms with Crippen LogP contribution in [0.4, 0.5) is 5.82 Å². The van der Waals surface area contributed by atoms with E-state index in [9.17, 15) is 9.59 Å². The van der Waals surface area contributed by atoms with Crippen molar-refractivity contribution < 1.29 is 14.3 Å². The fraction of sp³-hybridized carbons (Fsp3) is 0.179. The number of amides is 2. The summed E-state index contributed by atoms with van der Waals surface area (Å²) in [5, 5.41) is 8.28. The second kappa shape index (κ2) is 10.3. The number of halogens is 1. The van der Waals surface area contributed by atoms with Gasteiger partial charge in [0.05, 0.1) is 25.9 Å². The molecule has 7 nitrogen and oxygen atoms in total. The van der Waals surface area contributed by atoms with Crippen molar-refractivity contribution in [1.82, 2.24) is 15.1 Å². The van der Waals surface area contributed by atoms with E-state index in [1.54, 1.807) is 24.1 Å². The zero-order chi connectivity index (χ0) is 25.1. The van der Waals surface area contributed by atoms with Gasteiger partial charge in [0.25, 0.3) is 5.91 Å². The predicted octanol–water partition coefficient (Wildman–Crippen LogP) is 5.08. The van der Waals surface area contributed by atoms with E-state index in [0.29, 0.717) is 36.6 Å². The molecule has 0 aliphatic carbocycles. The molecule has 1 aliphatic rings. The summed E-state index contributed by atoms with van der Waals surface area (Å²) in [4.78, 5) is 27.2. The van der Waals surface area contributed by atoms with Gasteiger partial charge in [0.2, 0.25) is 5.91 Å². The topological polar surface area (TPSA) is 76.5 Å². The number of nitrogens with one attached hydrogen (secondary N) is 1. The van der Waals surface area contributed by atoms with Crippen LogP contribution in [0.1, 0.15) is 27.9 Å². The first-order chi connectivity index (χ1) is 17.5. The van der Waals surface area contributed by atoms with Crippen LogP contribution in [0.15, 0.2) is 78.9 Å². The van der Waals surface area contributed by atoms with Crippen molar-refractivity contribution in [3.63, 3.8) is 0 Å². The van der Waals surface area contributed by atoms with E-state index in [1.807, 2.05) is 71.4 Å². The molecule has 8 heteroatoms. The van der Waals surface area contributed by atoms with Crippen LogP contribution in [0.2, 0.25) is 5.02 Å². The summed E-state index contributed by atoms with van der Waals surface area (Å²) in [6.07, 6.45) is 0.388. The Morgan fingerprint density at radius 2 is 1.81 bits per heavy atom. The van der Waals surface area contributed by atoms with Crippen LogP contribution in [-0.4, -0.2) is 28.7 Å². The van der Waals surface area contributed by atoms with Crippen LogP contribution < -0.4 is 15.0 Å². The van der Waals surface area contributed by atoms with Crippen molar-refractivity contribution in [2.75, 3.05) is 12.0 Å². The normalized spacial score (nSPS) is 12.8. The zero-order valence-corrected chi connectivity index (χ0v) is 20.5. The molecule has 182 valence electrons. The summed E-state index contributed by atoms with van der Waals surface area (Å²) in [7, 11) is 1.61. The van der Waals surface area contributed by atoms with E-state index < -0.39 is 0 Å². The number of benzene rings is 3. The maximum atomic E-state index is 12.8. The van der Waals surface area contributed by atoms with E-state index in [4.69, 9.17) is 16.3 Å². The lowest BCUT2D eigenvalue weighted by molar-refractivity contribution is -0.119. The molecule has 36 heavy (non-hydrogen) atoms. The van der Waals surface area contributed by atoms with Gasteiger partial charge in [-0.25, -0.2) is 4.68 Å². The summed E-state index contributed by atoms with van der Waals surface area (Å²) >= 11 is 6.01. The van der Waals surface area contributed by atoms with Gasteiger partial charge < -0.3 is 10.1 Å². The van der Waals surface area contributed by atoms with Crippen molar-refractivity contribution in [2.45, 2.75) is 26.1 Å². The second-order valence-electron chi connectivity index (χ2n) is 8.58. The molecule has 4 aromatic rings. The van der Waals surface area contributed by atoms with Crippen molar-refractivity contribution in [3.05, 3.63) is 101 Å². The molecular formula is C28H25ClN4O3. The van der Waals surface area contributed by atoms with Crippen LogP contribution in [0.3, 0.4) is 0 Å². The zero-order valence-electron chi connectivity index (χ0n) is 19.8. The molecule has 2 amide bonds. The van der Waals surface area contributed by atoms with Crippen LogP contribution in [0.25, 0.3) is 11.3 Å². The van der Waals surface area contributed by atoms with E-state index in [1.165, 1.54) is 0 Å². The Bertz CT molecular complexity index is 1400. The van der Waals surface area contributed by atoms with Gasteiger partial charge in [-0.2, -0.15) is 5.10 Å². The average molecular weight is 501 g/mol. The third-order valence-corrected chi connectivity index (χ3v) is 6.41. The molecule has 1 N–H and O–H groups in total. The van der Waals surface area contributed by atoms with Gasteiger partial charge in [-0.15, -0.1) is 0 Å². The van der Waals surface area contributed by atoms with E-state index in [-0.39, 0.29) is 11.8 Å². The predicted molar refractivity (Wildman–Crippen MR) is 139 cm³/mol. The lowest BCUT2D eigenvalue weighted by Crippen LogP contribution is -2.36. The number of carbonyl (C=O) groups is 2. The quantitative estimate of drug-likeness (QED) is 0.384. The first kappa shape index (κ1) is 23.6. The molecule has 0 saturated carbocycles. The summed E-state index contributed by atoms with van der Waals surface area (Å²) in [6, 6.07) is 24.3. The van der Waals surface area contributed by atoms with E-state index >= 15 is 0 Å². The lowest BCUT2D eigenvalue weighted by atomic mass is 10.1. The molecule has 0 saturated heterocycles. The standard InChI is InChI=1S/C28H25ClN4O3/c1-36-24-4-2-3-20(15-24)17-30-28(35)22-7-5-19(6-8-22)18-32-26-16-25(21-9-11-23(29)12-10-21)31-33(26)14-13-27(32)34/h2-12,15-16H,13-14,17-18H2,1H3,(H,30,35). The number of nitrogens with zero attached hydrogens (tertiary/aromatic N) is 3. The molecule has 0 atom stereocenters. The Morgan fingerprint density at radius 1 is 1.03 bits per heavy atom. The summed E-state index contributed by atoms with van der Waals surface area (Å²) in [6.45, 7) is 1.35. The highest BCUT2D eigenvalue weighted by Gasteiger charge is 2.26. The Morgan fingerprint density at radius 3 is 2.56 bits per heavy atom. The molecule has 1 aromatic heterocycles. The summed E-state index contributed by atoms with van der Waals surface area (Å²) in [5.41, 5.74) is 4.18. The maximum Gasteiger partial charge on any atom is 0.251 e. The molecule has 5 rings (SSSR count). The maximum absolute atomic E-state index is 12.8. The summed E-state index contributed by atoms with van der Waals surface area (Å²) < 4.78 is 7.10. The Balaban J connectivity index is 1.27. The number of fused-ring (bicyclic) bond motifs is 1. The second-order valence-corrected chi connectivity index (χ2v) is 9.02. The van der Waals surface area contributed by atoms with Crippen molar-refractivity contribution in [3.8, 4) is 17.0 Å². The number of rotatable bonds is 7. The van der Waals surface area contributed by atoms with Crippen molar-refractivity contribution >= 4 is 29.2 Å². The average Bonchev–Trinajstić information content (AvgIpc) is 3.34. The van der Waals surface area contributed by atoms with Gasteiger partial charge in [0.15, 0.2) is 0 Å². The first-order valence-electron chi connectivity index (χ1n) is 11.6. The van der Waals surface area contributed by atoms with Crippen LogP contribution >= 0.6 is 11.6 Å². The van der Waals surface area contributed by atoms with Crippen LogP contribution in [-0.2, 0) is 24.4 Å². The molecule has 0 fully saturated rings. The van der Waals surface area contributed by atoms with Gasteiger partial charge in [0.1, 0.15) is 11.6 Å². The Labute approximate surface area is 214 Å². The fourth-order valence-electron chi connectivity index (χ4n) is 4.19. The number of ether oxygens (including phenoxy) is 1. The number of carbonyl (C=O) groups excluding carboxylic acids is 2. The van der Waals surface area contributed by atoms with Crippen molar-refractivity contribution in [1.29, 1.82) is 0 Å². The summed E-state index contributed by atoms with van der Waals surface area (Å²) in [5.74, 6) is 1.39. The minimum absolute atomic E-state index is 0.0464. The first-order valence-corrected chi connectivity index (χ1v) is 12.0. The lowest BCUT2D eigenvalue weighted by Gasteiger charge is -2.27. The van der Waals surface area contributed by atoms with Gasteiger partial charge in [0, 0.05) is 35.2 Å². The van der Waals surface area contributed by atoms with Gasteiger partial charge >= 0.3 is 0 Å². The SMILES string of the molecule is COc1cccc(CNC(=O)c2ccc(CN3C(=O)CCn4nc(-c5ccc(Cl)cc5)cc43)cc2)c1. The minimum atomic E-state index is -0.163. The van der Waals surface area contributed by atoms with Crippen molar-refractivity contribution in [2.24, 2.45) is 0 Å². The number of methoxy groups -OCH3 is 1. The van der Waals surface area contributed by atoms with Gasteiger partial charge in [-0.1, -0.05) is 48.0 Å². The molecular weight excluding hydrogens is 476 g/mol. The third-order valence-electron chi connectivity index (χ3n) is 6.16. The van der Waals surface area contributed by atoms with Crippen LogP contribution in [0, 0.1) is 0 Å². The van der Waals surface area contributed by atoms with Crippen LogP contribution in [0.5, 0.6) is 5.75 Å². The Kier molecular flexibility index (Phi) is 6.73. The minimum Gasteiger partial charge on any atom is -0.497 e. The number of aromatic nitrogens is 2. The number of hydrogen-bond acceptors (Lipinski definition) is 4. The molecule has 2 heterocycles. The van der Waals surface area contributed by atoms with Gasteiger partial charge in [-0.05, 0) is 47.5 Å². The molecule has 0 radical (unpaired) electrons. The third kappa shape index (κ3) is 5.11. The molecule has 0 spiro atoms. The van der Waals surface area contributed by atoms with Gasteiger partial charge in [-0.3, -0.25) is 14.5 Å².